The maximum absolute atomic E-state index is 12.1. The minimum Gasteiger partial charge on any atom is -0.487 e. The molecule has 0 saturated carbocycles. The van der Waals surface area contributed by atoms with Crippen LogP contribution in [0.5, 0.6) is 5.75 Å². The number of amides is 1. The molecule has 0 aliphatic carbocycles. The van der Waals surface area contributed by atoms with Crippen molar-refractivity contribution in [1.29, 1.82) is 0 Å². The van der Waals surface area contributed by atoms with Crippen molar-refractivity contribution in [2.75, 3.05) is 4.90 Å². The fourth-order valence-electron chi connectivity index (χ4n) is 2.76. The SMILES string of the molecule is CC(=O)N(c1ccccc1)c1nc(COc2ccc3ccc(=O)oc3c2)cs1. The molecule has 1 amide bonds. The number of thiazole rings is 1. The van der Waals surface area contributed by atoms with E-state index >= 15 is 0 Å². The molecular formula is C21H16N2O4S. The minimum atomic E-state index is -0.404. The van der Waals surface area contributed by atoms with Crippen LogP contribution >= 0.6 is 11.3 Å². The molecule has 7 heteroatoms. The van der Waals surface area contributed by atoms with Gasteiger partial charge in [0.2, 0.25) is 5.91 Å². The summed E-state index contributed by atoms with van der Waals surface area (Å²) in [5.74, 6) is 0.459. The van der Waals surface area contributed by atoms with Crippen LogP contribution in [0.2, 0.25) is 0 Å². The minimum absolute atomic E-state index is 0.113. The number of fused-ring (bicyclic) bond motifs is 1. The predicted molar refractivity (Wildman–Crippen MR) is 108 cm³/mol. The summed E-state index contributed by atoms with van der Waals surface area (Å²) in [7, 11) is 0. The van der Waals surface area contributed by atoms with E-state index in [2.05, 4.69) is 4.98 Å². The number of carbonyl (C=O) groups is 1. The van der Waals surface area contributed by atoms with Crippen LogP contribution in [0.15, 0.2) is 75.3 Å². The lowest BCUT2D eigenvalue weighted by Crippen LogP contribution is -2.22. The summed E-state index contributed by atoms with van der Waals surface area (Å²) in [4.78, 5) is 29.6. The number of carbonyl (C=O) groups excluding carboxylic acids is 1. The third kappa shape index (κ3) is 3.79. The molecule has 0 saturated heterocycles. The van der Waals surface area contributed by atoms with Gasteiger partial charge in [0.05, 0.1) is 11.4 Å². The lowest BCUT2D eigenvalue weighted by molar-refractivity contribution is -0.115. The summed E-state index contributed by atoms with van der Waals surface area (Å²) in [6.45, 7) is 1.74. The number of hydrogen-bond acceptors (Lipinski definition) is 6. The Labute approximate surface area is 164 Å². The first-order chi connectivity index (χ1) is 13.6. The molecule has 0 aliphatic heterocycles. The first-order valence-corrected chi connectivity index (χ1v) is 9.45. The maximum atomic E-state index is 12.1. The second-order valence-corrected chi connectivity index (χ2v) is 6.89. The first kappa shape index (κ1) is 17.9. The Morgan fingerprint density at radius 1 is 1.14 bits per heavy atom. The van der Waals surface area contributed by atoms with Gasteiger partial charge in [-0.15, -0.1) is 11.3 Å². The van der Waals surface area contributed by atoms with Crippen LogP contribution in [0.4, 0.5) is 10.8 Å². The smallest absolute Gasteiger partial charge is 0.336 e. The van der Waals surface area contributed by atoms with E-state index in [1.807, 2.05) is 41.8 Å². The molecular weight excluding hydrogens is 376 g/mol. The predicted octanol–water partition coefficient (Wildman–Crippen LogP) is 4.51. The van der Waals surface area contributed by atoms with Crippen LogP contribution in [-0.2, 0) is 11.4 Å². The highest BCUT2D eigenvalue weighted by Crippen LogP contribution is 2.29. The molecule has 0 radical (unpaired) electrons. The van der Waals surface area contributed by atoms with Crippen molar-refractivity contribution in [1.82, 2.24) is 4.98 Å². The molecule has 0 fully saturated rings. The lowest BCUT2D eigenvalue weighted by Gasteiger charge is -2.17. The van der Waals surface area contributed by atoms with Gasteiger partial charge in [-0.3, -0.25) is 9.69 Å². The molecule has 0 spiro atoms. The molecule has 2 aromatic carbocycles. The molecule has 4 aromatic rings. The third-order valence-corrected chi connectivity index (χ3v) is 4.92. The van der Waals surface area contributed by atoms with Gasteiger partial charge in [-0.1, -0.05) is 18.2 Å². The number of hydrogen-bond donors (Lipinski definition) is 0. The van der Waals surface area contributed by atoms with Gasteiger partial charge in [0.25, 0.3) is 0 Å². The Kier molecular flexibility index (Phi) is 4.90. The van der Waals surface area contributed by atoms with Gasteiger partial charge in [-0.2, -0.15) is 0 Å². The summed E-state index contributed by atoms with van der Waals surface area (Å²) in [6.07, 6.45) is 0. The van der Waals surface area contributed by atoms with Gasteiger partial charge in [0.1, 0.15) is 17.9 Å². The van der Waals surface area contributed by atoms with E-state index in [1.165, 1.54) is 24.3 Å². The normalized spacial score (nSPS) is 10.8. The summed E-state index contributed by atoms with van der Waals surface area (Å²) >= 11 is 1.37. The summed E-state index contributed by atoms with van der Waals surface area (Å²) < 4.78 is 10.9. The van der Waals surface area contributed by atoms with E-state index in [0.29, 0.717) is 22.2 Å². The highest BCUT2D eigenvalue weighted by atomic mass is 32.1. The molecule has 6 nitrogen and oxygen atoms in total. The number of rotatable bonds is 5. The highest BCUT2D eigenvalue weighted by Gasteiger charge is 2.17. The average molecular weight is 392 g/mol. The number of benzene rings is 2. The zero-order valence-electron chi connectivity index (χ0n) is 15.0. The van der Waals surface area contributed by atoms with Crippen molar-refractivity contribution in [2.24, 2.45) is 0 Å². The molecule has 2 aromatic heterocycles. The topological polar surface area (TPSA) is 72.6 Å². The Bertz CT molecular complexity index is 1180. The van der Waals surface area contributed by atoms with E-state index in [-0.39, 0.29) is 12.5 Å². The van der Waals surface area contributed by atoms with Gasteiger partial charge in [0.15, 0.2) is 5.13 Å². The fraction of sp³-hybridized carbons (Fsp3) is 0.0952. The van der Waals surface area contributed by atoms with Gasteiger partial charge in [-0.05, 0) is 30.3 Å². The molecule has 4 rings (SSSR count). The summed E-state index contributed by atoms with van der Waals surface area (Å²) in [5.41, 5.74) is 1.54. The number of nitrogens with zero attached hydrogens (tertiary/aromatic N) is 2. The van der Waals surface area contributed by atoms with E-state index in [1.54, 1.807) is 23.1 Å². The Morgan fingerprint density at radius 3 is 2.71 bits per heavy atom. The van der Waals surface area contributed by atoms with Gasteiger partial charge >= 0.3 is 5.63 Å². The van der Waals surface area contributed by atoms with Crippen LogP contribution in [0.1, 0.15) is 12.6 Å². The third-order valence-electron chi connectivity index (χ3n) is 4.04. The van der Waals surface area contributed by atoms with Crippen LogP contribution in [0.3, 0.4) is 0 Å². The standard InChI is InChI=1S/C21H16N2O4S/c1-14(24)23(17-5-3-2-4-6-17)21-22-16(13-28-21)12-26-18-9-7-15-8-10-20(25)27-19(15)11-18/h2-11,13H,12H2,1H3. The number of aromatic nitrogens is 1. The molecule has 0 unspecified atom stereocenters. The quantitative estimate of drug-likeness (QED) is 0.467. The van der Waals surface area contributed by atoms with E-state index in [4.69, 9.17) is 9.15 Å². The monoisotopic (exact) mass is 392 g/mol. The molecule has 140 valence electrons. The largest absolute Gasteiger partial charge is 0.487 e. The van der Waals surface area contributed by atoms with E-state index < -0.39 is 5.63 Å². The number of ether oxygens (including phenoxy) is 1. The highest BCUT2D eigenvalue weighted by molar-refractivity contribution is 7.14. The number of para-hydroxylation sites is 1. The van der Waals surface area contributed by atoms with Crippen LogP contribution < -0.4 is 15.3 Å². The Hall–Kier alpha value is -3.45. The average Bonchev–Trinajstić information content (AvgIpc) is 3.15. The molecule has 2 heterocycles. The number of anilines is 2. The van der Waals surface area contributed by atoms with Crippen LogP contribution in [0, 0.1) is 0 Å². The first-order valence-electron chi connectivity index (χ1n) is 8.57. The van der Waals surface area contributed by atoms with Gasteiger partial charge in [0, 0.05) is 29.8 Å². The van der Waals surface area contributed by atoms with Crippen molar-refractivity contribution in [3.63, 3.8) is 0 Å². The van der Waals surface area contributed by atoms with Crippen molar-refractivity contribution < 1.29 is 13.9 Å². The van der Waals surface area contributed by atoms with Crippen LogP contribution in [0.25, 0.3) is 11.0 Å². The van der Waals surface area contributed by atoms with Crippen molar-refractivity contribution in [3.05, 3.63) is 82.2 Å². The van der Waals surface area contributed by atoms with Gasteiger partial charge < -0.3 is 9.15 Å². The van der Waals surface area contributed by atoms with Crippen LogP contribution in [-0.4, -0.2) is 10.9 Å². The lowest BCUT2D eigenvalue weighted by atomic mass is 10.2. The van der Waals surface area contributed by atoms with Gasteiger partial charge in [-0.25, -0.2) is 9.78 Å². The van der Waals surface area contributed by atoms with Crippen molar-refractivity contribution in [2.45, 2.75) is 13.5 Å². The summed E-state index contributed by atoms with van der Waals surface area (Å²) in [5, 5.41) is 3.26. The van der Waals surface area contributed by atoms with E-state index in [0.717, 1.165) is 11.1 Å². The molecule has 28 heavy (non-hydrogen) atoms. The fourth-order valence-corrected chi connectivity index (χ4v) is 3.63. The molecule has 0 atom stereocenters. The Morgan fingerprint density at radius 2 is 1.93 bits per heavy atom. The van der Waals surface area contributed by atoms with Crippen molar-refractivity contribution in [3.8, 4) is 5.75 Å². The second-order valence-electron chi connectivity index (χ2n) is 6.05. The molecule has 0 aliphatic rings. The zero-order chi connectivity index (χ0) is 19.5. The Balaban J connectivity index is 1.52. The molecule has 0 bridgehead atoms. The van der Waals surface area contributed by atoms with Crippen molar-refractivity contribution >= 4 is 39.0 Å². The second kappa shape index (κ2) is 7.66. The maximum Gasteiger partial charge on any atom is 0.336 e. The summed E-state index contributed by atoms with van der Waals surface area (Å²) in [6, 6.07) is 17.8. The zero-order valence-corrected chi connectivity index (χ0v) is 15.8. The molecule has 0 N–H and O–H groups in total. The van der Waals surface area contributed by atoms with E-state index in [9.17, 15) is 9.59 Å².